The highest BCUT2D eigenvalue weighted by Gasteiger charge is 2.20. The zero-order valence-corrected chi connectivity index (χ0v) is 13.1. The number of aliphatic carboxylic acids is 1. The molecule has 1 aliphatic rings. The first-order valence-electron chi connectivity index (χ1n) is 6.43. The second-order valence-electron chi connectivity index (χ2n) is 4.92. The molecule has 0 spiro atoms. The molecule has 1 fully saturated rings. The van der Waals surface area contributed by atoms with Crippen molar-refractivity contribution in [3.05, 3.63) is 0 Å². The Morgan fingerprint density at radius 2 is 2.16 bits per heavy atom. The fraction of sp³-hybridized carbons (Fsp3) is 0.833. The lowest BCUT2D eigenvalue weighted by atomic mass is 10.2. The van der Waals surface area contributed by atoms with Crippen LogP contribution in [0.15, 0.2) is 0 Å². The average Bonchev–Trinajstić information content (AvgIpc) is 2.35. The van der Waals surface area contributed by atoms with E-state index in [1.165, 1.54) is 10.7 Å². The second-order valence-corrected chi connectivity index (χ2v) is 7.48. The topological polar surface area (TPSA) is 69.6 Å². The molecule has 19 heavy (non-hydrogen) atoms. The van der Waals surface area contributed by atoms with Crippen LogP contribution in [0.2, 0.25) is 0 Å². The van der Waals surface area contributed by atoms with Gasteiger partial charge in [0.1, 0.15) is 6.54 Å². The first-order chi connectivity index (χ1) is 8.99. The largest absolute Gasteiger partial charge is 0.480 e. The smallest absolute Gasteiger partial charge is 0.323 e. The first kappa shape index (κ1) is 16.5. The molecule has 0 aromatic heterocycles. The standard InChI is InChI=1S/C12H22N2O3S2/c1-9(2)6-14(7-11(15)16)12(17)13-5-10-8-18-3-4-19-10/h9-10H,3-8H2,1-2H3,(H,13,17)(H,15,16). The van der Waals surface area contributed by atoms with Gasteiger partial charge < -0.3 is 15.3 Å². The molecule has 7 heteroatoms. The summed E-state index contributed by atoms with van der Waals surface area (Å²) in [6, 6.07) is -0.271. The van der Waals surface area contributed by atoms with Gasteiger partial charge in [0.25, 0.3) is 0 Å². The number of nitrogens with one attached hydrogen (secondary N) is 1. The number of hydrogen-bond donors (Lipinski definition) is 2. The minimum absolute atomic E-state index is 0.240. The van der Waals surface area contributed by atoms with Crippen molar-refractivity contribution >= 4 is 35.5 Å². The summed E-state index contributed by atoms with van der Waals surface area (Å²) >= 11 is 3.78. The molecule has 0 aromatic rings. The van der Waals surface area contributed by atoms with Gasteiger partial charge in [0.05, 0.1) is 0 Å². The van der Waals surface area contributed by atoms with Crippen molar-refractivity contribution < 1.29 is 14.7 Å². The number of rotatable bonds is 6. The van der Waals surface area contributed by atoms with Gasteiger partial charge in [0.2, 0.25) is 0 Å². The third kappa shape index (κ3) is 6.96. The number of carboxylic acid groups (broad SMARTS) is 1. The molecule has 2 amide bonds. The van der Waals surface area contributed by atoms with E-state index in [0.29, 0.717) is 18.3 Å². The molecule has 0 radical (unpaired) electrons. The molecule has 0 saturated carbocycles. The number of thioether (sulfide) groups is 2. The summed E-state index contributed by atoms with van der Waals surface area (Å²) < 4.78 is 0. The Bertz CT molecular complexity index is 307. The lowest BCUT2D eigenvalue weighted by Crippen LogP contribution is -2.46. The van der Waals surface area contributed by atoms with Crippen molar-refractivity contribution in [3.63, 3.8) is 0 Å². The van der Waals surface area contributed by atoms with Crippen LogP contribution in [0.1, 0.15) is 13.8 Å². The number of amides is 2. The van der Waals surface area contributed by atoms with Crippen LogP contribution in [0.3, 0.4) is 0 Å². The molecular formula is C12H22N2O3S2. The molecule has 0 aliphatic carbocycles. The maximum atomic E-state index is 12.0. The number of carbonyl (C=O) groups is 2. The number of carbonyl (C=O) groups excluding carboxylic acids is 1. The Labute approximate surface area is 122 Å². The number of carboxylic acids is 1. The van der Waals surface area contributed by atoms with E-state index in [1.807, 2.05) is 37.4 Å². The maximum Gasteiger partial charge on any atom is 0.323 e. The number of nitrogens with zero attached hydrogens (tertiary/aromatic N) is 1. The normalized spacial score (nSPS) is 19.2. The quantitative estimate of drug-likeness (QED) is 0.780. The van der Waals surface area contributed by atoms with E-state index in [2.05, 4.69) is 5.32 Å². The summed E-state index contributed by atoms with van der Waals surface area (Å²) in [6.45, 7) is 4.78. The molecule has 1 unspecified atom stereocenters. The monoisotopic (exact) mass is 306 g/mol. The Morgan fingerprint density at radius 1 is 1.42 bits per heavy atom. The van der Waals surface area contributed by atoms with Gasteiger partial charge in [-0.2, -0.15) is 23.5 Å². The summed E-state index contributed by atoms with van der Waals surface area (Å²) in [6.07, 6.45) is 0. The predicted molar refractivity (Wildman–Crippen MR) is 81.0 cm³/mol. The Kier molecular flexibility index (Phi) is 7.45. The molecule has 110 valence electrons. The van der Waals surface area contributed by atoms with E-state index in [4.69, 9.17) is 5.11 Å². The van der Waals surface area contributed by atoms with Gasteiger partial charge in [-0.05, 0) is 5.92 Å². The van der Waals surface area contributed by atoms with E-state index < -0.39 is 5.97 Å². The van der Waals surface area contributed by atoms with Crippen molar-refractivity contribution in [1.29, 1.82) is 0 Å². The molecule has 0 aromatic carbocycles. The van der Waals surface area contributed by atoms with Gasteiger partial charge >= 0.3 is 12.0 Å². The van der Waals surface area contributed by atoms with Crippen LogP contribution in [0.5, 0.6) is 0 Å². The van der Waals surface area contributed by atoms with E-state index in [1.54, 1.807) is 0 Å². The highest BCUT2D eigenvalue weighted by molar-refractivity contribution is 8.06. The van der Waals surface area contributed by atoms with Gasteiger partial charge in [-0.25, -0.2) is 4.79 Å². The maximum absolute atomic E-state index is 12.0. The summed E-state index contributed by atoms with van der Waals surface area (Å²) in [5.41, 5.74) is 0. The third-order valence-electron chi connectivity index (χ3n) is 2.56. The Hall–Kier alpha value is -0.560. The van der Waals surface area contributed by atoms with Crippen LogP contribution in [-0.4, -0.2) is 64.1 Å². The third-order valence-corrected chi connectivity index (χ3v) is 5.41. The van der Waals surface area contributed by atoms with Crippen molar-refractivity contribution in [2.75, 3.05) is 36.9 Å². The fourth-order valence-electron chi connectivity index (χ4n) is 1.79. The summed E-state index contributed by atoms with van der Waals surface area (Å²) in [7, 11) is 0. The molecular weight excluding hydrogens is 284 g/mol. The lowest BCUT2D eigenvalue weighted by Gasteiger charge is -2.26. The van der Waals surface area contributed by atoms with Gasteiger partial charge in [0.15, 0.2) is 0 Å². The van der Waals surface area contributed by atoms with Gasteiger partial charge in [0, 0.05) is 35.6 Å². The molecule has 1 rings (SSSR count). The SMILES string of the molecule is CC(C)CN(CC(=O)O)C(=O)NCC1CSCCS1. The molecule has 1 atom stereocenters. The van der Waals surface area contributed by atoms with Crippen LogP contribution < -0.4 is 5.32 Å². The number of urea groups is 1. The molecule has 1 aliphatic heterocycles. The van der Waals surface area contributed by atoms with Crippen LogP contribution in [0.4, 0.5) is 4.79 Å². The highest BCUT2D eigenvalue weighted by Crippen LogP contribution is 2.23. The molecule has 1 saturated heterocycles. The summed E-state index contributed by atoms with van der Waals surface area (Å²) in [4.78, 5) is 24.1. The van der Waals surface area contributed by atoms with Crippen molar-refractivity contribution in [1.82, 2.24) is 10.2 Å². The molecule has 1 heterocycles. The van der Waals surface area contributed by atoms with E-state index >= 15 is 0 Å². The predicted octanol–water partition coefficient (Wildman–Crippen LogP) is 1.59. The van der Waals surface area contributed by atoms with Crippen molar-refractivity contribution in [3.8, 4) is 0 Å². The minimum atomic E-state index is -0.974. The van der Waals surface area contributed by atoms with Crippen molar-refractivity contribution in [2.24, 2.45) is 5.92 Å². The summed E-state index contributed by atoms with van der Waals surface area (Å²) in [5.74, 6) is 2.63. The lowest BCUT2D eigenvalue weighted by molar-refractivity contribution is -0.137. The average molecular weight is 306 g/mol. The fourth-order valence-corrected chi connectivity index (χ4v) is 4.40. The highest BCUT2D eigenvalue weighted by atomic mass is 32.2. The minimum Gasteiger partial charge on any atom is -0.480 e. The number of hydrogen-bond acceptors (Lipinski definition) is 4. The first-order valence-corrected chi connectivity index (χ1v) is 8.63. The van der Waals surface area contributed by atoms with E-state index in [-0.39, 0.29) is 18.5 Å². The van der Waals surface area contributed by atoms with Crippen LogP contribution in [0.25, 0.3) is 0 Å². The Balaban J connectivity index is 2.39. The Morgan fingerprint density at radius 3 is 2.68 bits per heavy atom. The molecule has 2 N–H and O–H groups in total. The van der Waals surface area contributed by atoms with Crippen LogP contribution >= 0.6 is 23.5 Å². The molecule has 0 bridgehead atoms. The zero-order chi connectivity index (χ0) is 14.3. The van der Waals surface area contributed by atoms with Gasteiger partial charge in [-0.3, -0.25) is 4.79 Å². The van der Waals surface area contributed by atoms with Crippen LogP contribution in [0, 0.1) is 5.92 Å². The van der Waals surface area contributed by atoms with Crippen LogP contribution in [-0.2, 0) is 4.79 Å². The van der Waals surface area contributed by atoms with E-state index in [9.17, 15) is 9.59 Å². The second kappa shape index (κ2) is 8.58. The van der Waals surface area contributed by atoms with Crippen molar-refractivity contribution in [2.45, 2.75) is 19.1 Å². The molecule has 5 nitrogen and oxygen atoms in total. The van der Waals surface area contributed by atoms with Gasteiger partial charge in [-0.15, -0.1) is 0 Å². The van der Waals surface area contributed by atoms with Gasteiger partial charge in [-0.1, -0.05) is 13.8 Å². The van der Waals surface area contributed by atoms with E-state index in [0.717, 1.165) is 11.5 Å². The summed E-state index contributed by atoms with van der Waals surface area (Å²) in [5, 5.41) is 12.1. The zero-order valence-electron chi connectivity index (χ0n) is 11.4.